The van der Waals surface area contributed by atoms with Gasteiger partial charge in [-0.3, -0.25) is 19.3 Å². The smallest absolute Gasteiger partial charge is 0.325 e. The van der Waals surface area contributed by atoms with Crippen LogP contribution in [-0.2, 0) is 19.9 Å². The molecule has 0 spiro atoms. The highest BCUT2D eigenvalue weighted by molar-refractivity contribution is 6.14. The number of nitrogens with zero attached hydrogens (tertiary/aromatic N) is 2. The van der Waals surface area contributed by atoms with Gasteiger partial charge in [-0.15, -0.1) is 0 Å². The number of hydrogen-bond donors (Lipinski definition) is 2. The fraction of sp³-hybridized carbons (Fsp3) is 0.308. The van der Waals surface area contributed by atoms with Crippen molar-refractivity contribution in [1.82, 2.24) is 15.1 Å². The molecule has 10 nitrogen and oxygen atoms in total. The second-order valence-corrected chi connectivity index (χ2v) is 8.70. The number of carbonyl (C=O) groups is 4. The molecule has 0 radical (unpaired) electrons. The molecule has 3 heterocycles. The lowest BCUT2D eigenvalue weighted by molar-refractivity contribution is -0.134. The maximum absolute atomic E-state index is 13.4. The third-order valence-electron chi connectivity index (χ3n) is 6.63. The number of para-hydroxylation sites is 1. The molecule has 3 aromatic rings. The first-order chi connectivity index (χ1) is 17.4. The number of hydrogen-bond acceptors (Lipinski definition) is 6. The van der Waals surface area contributed by atoms with E-state index in [-0.39, 0.29) is 17.4 Å². The molecule has 5 rings (SSSR count). The van der Waals surface area contributed by atoms with Crippen LogP contribution in [0.1, 0.15) is 29.5 Å². The summed E-state index contributed by atoms with van der Waals surface area (Å²) in [6.07, 6.45) is 0.324. The number of ether oxygens (including phenoxy) is 1. The molecule has 2 aromatic carbocycles. The van der Waals surface area contributed by atoms with Crippen LogP contribution in [0.4, 0.5) is 10.5 Å². The van der Waals surface area contributed by atoms with Crippen LogP contribution in [0.5, 0.6) is 0 Å². The SMILES string of the molecule is CCC1(c2ccccc2)NC(=O)N(CC(=O)Nc2c(C(=O)N3CCOCC3)oc3ccccc23)C1=O. The number of morpholine rings is 1. The van der Waals surface area contributed by atoms with Crippen LogP contribution in [0, 0.1) is 0 Å². The Balaban J connectivity index is 1.40. The number of anilines is 1. The number of fused-ring (bicyclic) bond motifs is 1. The molecule has 10 heteroatoms. The predicted molar refractivity (Wildman–Crippen MR) is 130 cm³/mol. The van der Waals surface area contributed by atoms with Crippen LogP contribution < -0.4 is 10.6 Å². The molecule has 186 valence electrons. The molecule has 0 bridgehead atoms. The summed E-state index contributed by atoms with van der Waals surface area (Å²) in [7, 11) is 0. The minimum atomic E-state index is -1.24. The first-order valence-corrected chi connectivity index (χ1v) is 11.8. The Hall–Kier alpha value is -4.18. The van der Waals surface area contributed by atoms with Gasteiger partial charge in [-0.25, -0.2) is 4.79 Å². The summed E-state index contributed by atoms with van der Waals surface area (Å²) in [6, 6.07) is 15.3. The van der Waals surface area contributed by atoms with Gasteiger partial charge in [0.15, 0.2) is 0 Å². The molecule has 1 unspecified atom stereocenters. The summed E-state index contributed by atoms with van der Waals surface area (Å²) in [5, 5.41) is 6.04. The van der Waals surface area contributed by atoms with Crippen molar-refractivity contribution < 1.29 is 28.3 Å². The molecular formula is C26H26N4O6. The summed E-state index contributed by atoms with van der Waals surface area (Å²) in [6.45, 7) is 2.94. The van der Waals surface area contributed by atoms with E-state index in [1.54, 1.807) is 60.4 Å². The molecule has 1 atom stereocenters. The second-order valence-electron chi connectivity index (χ2n) is 8.70. The highest BCUT2D eigenvalue weighted by Crippen LogP contribution is 2.34. The molecule has 2 fully saturated rings. The van der Waals surface area contributed by atoms with Crippen molar-refractivity contribution in [1.29, 1.82) is 0 Å². The van der Waals surface area contributed by atoms with E-state index in [2.05, 4.69) is 10.6 Å². The summed E-state index contributed by atoms with van der Waals surface area (Å²) < 4.78 is 11.2. The van der Waals surface area contributed by atoms with Crippen molar-refractivity contribution in [3.63, 3.8) is 0 Å². The number of benzene rings is 2. The van der Waals surface area contributed by atoms with Crippen LogP contribution in [0.2, 0.25) is 0 Å². The number of amides is 5. The molecule has 1 aromatic heterocycles. The van der Waals surface area contributed by atoms with E-state index >= 15 is 0 Å². The van der Waals surface area contributed by atoms with Crippen molar-refractivity contribution in [2.75, 3.05) is 38.2 Å². The Morgan fingerprint density at radius 1 is 1.03 bits per heavy atom. The predicted octanol–water partition coefficient (Wildman–Crippen LogP) is 2.70. The van der Waals surface area contributed by atoms with E-state index in [0.717, 1.165) is 4.90 Å². The van der Waals surface area contributed by atoms with Crippen molar-refractivity contribution >= 4 is 40.4 Å². The second kappa shape index (κ2) is 9.46. The van der Waals surface area contributed by atoms with Gasteiger partial charge >= 0.3 is 6.03 Å². The van der Waals surface area contributed by atoms with Gasteiger partial charge in [0, 0.05) is 18.5 Å². The summed E-state index contributed by atoms with van der Waals surface area (Å²) in [4.78, 5) is 55.0. The summed E-state index contributed by atoms with van der Waals surface area (Å²) in [5.74, 6) is -1.50. The van der Waals surface area contributed by atoms with Crippen molar-refractivity contribution in [3.05, 3.63) is 65.9 Å². The van der Waals surface area contributed by atoms with Crippen LogP contribution >= 0.6 is 0 Å². The van der Waals surface area contributed by atoms with Gasteiger partial charge in [0.05, 0.1) is 13.2 Å². The highest BCUT2D eigenvalue weighted by atomic mass is 16.5. The minimum absolute atomic E-state index is 0.00385. The van der Waals surface area contributed by atoms with Crippen molar-refractivity contribution in [3.8, 4) is 0 Å². The highest BCUT2D eigenvalue weighted by Gasteiger charge is 2.51. The Labute approximate surface area is 207 Å². The Morgan fingerprint density at radius 3 is 2.44 bits per heavy atom. The molecule has 2 aliphatic heterocycles. The van der Waals surface area contributed by atoms with E-state index in [9.17, 15) is 19.2 Å². The van der Waals surface area contributed by atoms with Crippen LogP contribution in [0.3, 0.4) is 0 Å². The number of imide groups is 1. The van der Waals surface area contributed by atoms with E-state index in [1.165, 1.54) is 0 Å². The normalized spacial score (nSPS) is 20.0. The Bertz CT molecular complexity index is 1330. The third kappa shape index (κ3) is 3.99. The van der Waals surface area contributed by atoms with Gasteiger partial charge in [-0.2, -0.15) is 0 Å². The third-order valence-corrected chi connectivity index (χ3v) is 6.63. The first-order valence-electron chi connectivity index (χ1n) is 11.8. The number of urea groups is 1. The summed E-state index contributed by atoms with van der Waals surface area (Å²) >= 11 is 0. The van der Waals surface area contributed by atoms with Crippen LogP contribution in [0.25, 0.3) is 11.0 Å². The topological polar surface area (TPSA) is 121 Å². The van der Waals surface area contributed by atoms with Crippen molar-refractivity contribution in [2.45, 2.75) is 18.9 Å². The maximum Gasteiger partial charge on any atom is 0.325 e. The number of nitrogens with one attached hydrogen (secondary N) is 2. The quantitative estimate of drug-likeness (QED) is 0.513. The van der Waals surface area contributed by atoms with E-state index in [0.29, 0.717) is 49.3 Å². The molecule has 0 saturated carbocycles. The lowest BCUT2D eigenvalue weighted by atomic mass is 9.87. The first kappa shape index (κ1) is 23.6. The van der Waals surface area contributed by atoms with Gasteiger partial charge in [0.2, 0.25) is 11.7 Å². The molecule has 36 heavy (non-hydrogen) atoms. The standard InChI is InChI=1S/C26H26N4O6/c1-2-26(17-8-4-3-5-9-17)24(33)30(25(34)28-26)16-20(31)27-21-18-10-6-7-11-19(18)36-22(21)23(32)29-12-14-35-15-13-29/h3-11H,2,12-16H2,1H3,(H,27,31)(H,28,34). The molecule has 2 aliphatic rings. The number of furan rings is 1. The van der Waals surface area contributed by atoms with E-state index in [1.807, 2.05) is 6.07 Å². The van der Waals surface area contributed by atoms with Crippen molar-refractivity contribution in [2.24, 2.45) is 0 Å². The van der Waals surface area contributed by atoms with Gasteiger partial charge in [-0.1, -0.05) is 49.4 Å². The maximum atomic E-state index is 13.4. The number of rotatable bonds is 6. The summed E-state index contributed by atoms with van der Waals surface area (Å²) in [5.41, 5.74) is 0.0590. The number of carbonyl (C=O) groups excluding carboxylic acids is 4. The lowest BCUT2D eigenvalue weighted by Gasteiger charge is -2.26. The zero-order valence-electron chi connectivity index (χ0n) is 19.8. The van der Waals surface area contributed by atoms with E-state index < -0.39 is 29.9 Å². The fourth-order valence-corrected chi connectivity index (χ4v) is 4.68. The lowest BCUT2D eigenvalue weighted by Crippen LogP contribution is -2.44. The fourth-order valence-electron chi connectivity index (χ4n) is 4.68. The monoisotopic (exact) mass is 490 g/mol. The van der Waals surface area contributed by atoms with E-state index in [4.69, 9.17) is 9.15 Å². The van der Waals surface area contributed by atoms with Gasteiger partial charge in [0.25, 0.3) is 11.8 Å². The Kier molecular flexibility index (Phi) is 6.19. The van der Waals surface area contributed by atoms with Gasteiger partial charge in [-0.05, 0) is 24.1 Å². The molecule has 2 saturated heterocycles. The largest absolute Gasteiger partial charge is 0.449 e. The van der Waals surface area contributed by atoms with Gasteiger partial charge < -0.3 is 24.7 Å². The zero-order valence-corrected chi connectivity index (χ0v) is 19.8. The zero-order chi connectivity index (χ0) is 25.3. The Morgan fingerprint density at radius 2 is 1.72 bits per heavy atom. The van der Waals surface area contributed by atoms with Gasteiger partial charge in [0.1, 0.15) is 23.4 Å². The van der Waals surface area contributed by atoms with Crippen LogP contribution in [-0.4, -0.2) is 66.4 Å². The average Bonchev–Trinajstić information content (AvgIpc) is 3.40. The average molecular weight is 491 g/mol. The molecule has 5 amide bonds. The van der Waals surface area contributed by atoms with Crippen LogP contribution in [0.15, 0.2) is 59.0 Å². The molecule has 0 aliphatic carbocycles. The minimum Gasteiger partial charge on any atom is -0.449 e. The molecule has 2 N–H and O–H groups in total. The molecular weight excluding hydrogens is 464 g/mol.